The number of fused-ring (bicyclic) bond motifs is 2. The molecule has 0 bridgehead atoms. The number of halogens is 1. The molecule has 1 fully saturated rings. The number of aromatic nitrogens is 2. The Bertz CT molecular complexity index is 977. The van der Waals surface area contributed by atoms with Crippen molar-refractivity contribution in [1.82, 2.24) is 14.9 Å². The second kappa shape index (κ2) is 6.99. The van der Waals surface area contributed by atoms with Crippen LogP contribution in [0, 0.1) is 5.82 Å². The van der Waals surface area contributed by atoms with Crippen LogP contribution in [0.15, 0.2) is 67.1 Å². The van der Waals surface area contributed by atoms with Gasteiger partial charge in [0.25, 0.3) is 0 Å². The second-order valence-electron chi connectivity index (χ2n) is 7.92. The molecular formula is C23H23FN4. The summed E-state index contributed by atoms with van der Waals surface area (Å²) >= 11 is 0. The molecule has 142 valence electrons. The van der Waals surface area contributed by atoms with Gasteiger partial charge in [-0.25, -0.2) is 4.39 Å². The van der Waals surface area contributed by atoms with Crippen LogP contribution in [0.5, 0.6) is 0 Å². The Morgan fingerprint density at radius 2 is 1.86 bits per heavy atom. The zero-order valence-electron chi connectivity index (χ0n) is 15.8. The smallest absolute Gasteiger partial charge is 0.127 e. The van der Waals surface area contributed by atoms with Crippen molar-refractivity contribution in [2.24, 2.45) is 0 Å². The van der Waals surface area contributed by atoms with Gasteiger partial charge in [0, 0.05) is 55.7 Å². The van der Waals surface area contributed by atoms with Gasteiger partial charge in [0.05, 0.1) is 11.4 Å². The molecule has 0 amide bonds. The van der Waals surface area contributed by atoms with Crippen molar-refractivity contribution in [2.75, 3.05) is 24.5 Å². The molecular weight excluding hydrogens is 351 g/mol. The van der Waals surface area contributed by atoms with Crippen LogP contribution in [-0.4, -0.2) is 34.5 Å². The van der Waals surface area contributed by atoms with Crippen LogP contribution < -0.4 is 4.90 Å². The van der Waals surface area contributed by atoms with Crippen molar-refractivity contribution in [2.45, 2.75) is 24.9 Å². The molecule has 2 aliphatic rings. The number of likely N-dealkylation sites (tertiary alicyclic amines) is 1. The van der Waals surface area contributed by atoms with Gasteiger partial charge in [-0.15, -0.1) is 0 Å². The molecule has 0 N–H and O–H groups in total. The van der Waals surface area contributed by atoms with Crippen molar-refractivity contribution >= 4 is 5.69 Å². The largest absolute Gasteiger partial charge is 0.365 e. The van der Waals surface area contributed by atoms with Crippen LogP contribution >= 0.6 is 0 Å². The van der Waals surface area contributed by atoms with Crippen LogP contribution in [0.25, 0.3) is 0 Å². The summed E-state index contributed by atoms with van der Waals surface area (Å²) < 4.78 is 14.1. The molecule has 4 nitrogen and oxygen atoms in total. The molecule has 1 saturated heterocycles. The third-order valence-corrected chi connectivity index (χ3v) is 6.00. The van der Waals surface area contributed by atoms with Crippen LogP contribution in [0.3, 0.4) is 0 Å². The maximum atomic E-state index is 14.1. The maximum Gasteiger partial charge on any atom is 0.127 e. The number of benzene rings is 1. The average molecular weight is 374 g/mol. The fourth-order valence-corrected chi connectivity index (χ4v) is 4.72. The van der Waals surface area contributed by atoms with Gasteiger partial charge < -0.3 is 4.90 Å². The molecule has 5 heteroatoms. The minimum Gasteiger partial charge on any atom is -0.365 e. The lowest BCUT2D eigenvalue weighted by Crippen LogP contribution is -2.36. The number of hydrogen-bond acceptors (Lipinski definition) is 4. The highest BCUT2D eigenvalue weighted by Gasteiger charge is 2.48. The minimum atomic E-state index is -0.119. The van der Waals surface area contributed by atoms with Crippen LogP contribution in [0.1, 0.15) is 23.2 Å². The van der Waals surface area contributed by atoms with Crippen LogP contribution in [0.4, 0.5) is 10.1 Å². The third kappa shape index (κ3) is 3.06. The average Bonchev–Trinajstić information content (AvgIpc) is 3.26. The van der Waals surface area contributed by atoms with Crippen LogP contribution in [0.2, 0.25) is 0 Å². The number of hydrogen-bond donors (Lipinski definition) is 0. The predicted octanol–water partition coefficient (Wildman–Crippen LogP) is 3.78. The van der Waals surface area contributed by atoms with Crippen molar-refractivity contribution in [3.8, 4) is 0 Å². The predicted molar refractivity (Wildman–Crippen MR) is 107 cm³/mol. The van der Waals surface area contributed by atoms with E-state index in [-0.39, 0.29) is 11.2 Å². The molecule has 3 aromatic rings. The summed E-state index contributed by atoms with van der Waals surface area (Å²) in [5.74, 6) is -0.119. The Labute approximate surface area is 164 Å². The monoisotopic (exact) mass is 374 g/mol. The van der Waals surface area contributed by atoms with E-state index in [0.717, 1.165) is 38.2 Å². The standard InChI is InChI=1S/C23H23FN4/c24-20-7-2-1-6-19(20)15-27-12-9-23(16-27)17-28(14-18-5-3-10-25-13-18)21-8-4-11-26-22(21)23/h1-8,10-11,13H,9,12,14-17H2. The van der Waals surface area contributed by atoms with E-state index in [4.69, 9.17) is 4.98 Å². The van der Waals surface area contributed by atoms with E-state index in [2.05, 4.69) is 26.9 Å². The van der Waals surface area contributed by atoms with E-state index in [1.807, 2.05) is 42.9 Å². The lowest BCUT2D eigenvalue weighted by atomic mass is 9.85. The Morgan fingerprint density at radius 1 is 0.964 bits per heavy atom. The number of nitrogens with zero attached hydrogens (tertiary/aromatic N) is 4. The number of rotatable bonds is 4. The van der Waals surface area contributed by atoms with Gasteiger partial charge in [-0.2, -0.15) is 0 Å². The van der Waals surface area contributed by atoms with Crippen molar-refractivity contribution in [3.05, 3.63) is 89.8 Å². The molecule has 5 rings (SSSR count). The Morgan fingerprint density at radius 3 is 2.71 bits per heavy atom. The number of pyridine rings is 2. The Balaban J connectivity index is 1.39. The topological polar surface area (TPSA) is 32.3 Å². The van der Waals surface area contributed by atoms with Crippen LogP contribution in [-0.2, 0) is 18.5 Å². The normalized spacial score (nSPS) is 21.4. The van der Waals surface area contributed by atoms with Crippen molar-refractivity contribution < 1.29 is 4.39 Å². The molecule has 2 aliphatic heterocycles. The first-order valence-corrected chi connectivity index (χ1v) is 9.79. The fraction of sp³-hybridized carbons (Fsp3) is 0.304. The van der Waals surface area contributed by atoms with Gasteiger partial charge in [0.1, 0.15) is 5.82 Å². The minimum absolute atomic E-state index is 0.0179. The summed E-state index contributed by atoms with van der Waals surface area (Å²) in [6, 6.07) is 15.4. The molecule has 1 aromatic carbocycles. The lowest BCUT2D eigenvalue weighted by Gasteiger charge is -2.26. The zero-order chi connectivity index (χ0) is 19.0. The first-order valence-electron chi connectivity index (χ1n) is 9.79. The lowest BCUT2D eigenvalue weighted by molar-refractivity contribution is 0.300. The zero-order valence-corrected chi connectivity index (χ0v) is 15.8. The summed E-state index contributed by atoms with van der Waals surface area (Å²) in [5.41, 5.74) is 4.40. The summed E-state index contributed by atoms with van der Waals surface area (Å²) in [5, 5.41) is 0. The van der Waals surface area contributed by atoms with E-state index in [9.17, 15) is 4.39 Å². The van der Waals surface area contributed by atoms with Gasteiger partial charge in [-0.05, 0) is 42.8 Å². The molecule has 2 aromatic heterocycles. The van der Waals surface area contributed by atoms with Gasteiger partial charge >= 0.3 is 0 Å². The second-order valence-corrected chi connectivity index (χ2v) is 7.92. The van der Waals surface area contributed by atoms with Gasteiger partial charge in [-0.3, -0.25) is 14.9 Å². The molecule has 0 aliphatic carbocycles. The van der Waals surface area contributed by atoms with E-state index in [0.29, 0.717) is 6.54 Å². The first kappa shape index (κ1) is 17.3. The molecule has 1 unspecified atom stereocenters. The van der Waals surface area contributed by atoms with Gasteiger partial charge in [-0.1, -0.05) is 24.3 Å². The Hall–Kier alpha value is -2.79. The summed E-state index contributed by atoms with van der Waals surface area (Å²) in [6.07, 6.45) is 6.69. The fourth-order valence-electron chi connectivity index (χ4n) is 4.72. The van der Waals surface area contributed by atoms with E-state index in [1.165, 1.54) is 16.9 Å². The summed E-state index contributed by atoms with van der Waals surface area (Å²) in [4.78, 5) is 13.8. The SMILES string of the molecule is Fc1ccccc1CN1CCC2(C1)CN(Cc1cccnc1)c1cccnc12. The first-order chi connectivity index (χ1) is 13.7. The maximum absolute atomic E-state index is 14.1. The van der Waals surface area contributed by atoms with Gasteiger partial charge in [0.15, 0.2) is 0 Å². The van der Waals surface area contributed by atoms with Gasteiger partial charge in [0.2, 0.25) is 0 Å². The molecule has 4 heterocycles. The molecule has 0 radical (unpaired) electrons. The highest BCUT2D eigenvalue weighted by Crippen LogP contribution is 2.45. The molecule has 0 saturated carbocycles. The molecule has 1 spiro atoms. The highest BCUT2D eigenvalue weighted by molar-refractivity contribution is 5.60. The van der Waals surface area contributed by atoms with E-state index >= 15 is 0 Å². The quantitative estimate of drug-likeness (QED) is 0.696. The highest BCUT2D eigenvalue weighted by atomic mass is 19.1. The molecule has 28 heavy (non-hydrogen) atoms. The van der Waals surface area contributed by atoms with E-state index < -0.39 is 0 Å². The summed E-state index contributed by atoms with van der Waals surface area (Å²) in [7, 11) is 0. The van der Waals surface area contributed by atoms with Crippen molar-refractivity contribution in [3.63, 3.8) is 0 Å². The molecule has 1 atom stereocenters. The number of anilines is 1. The Kier molecular flexibility index (Phi) is 4.32. The third-order valence-electron chi connectivity index (χ3n) is 6.00. The summed E-state index contributed by atoms with van der Waals surface area (Å²) in [6.45, 7) is 4.31. The van der Waals surface area contributed by atoms with E-state index in [1.54, 1.807) is 12.1 Å². The van der Waals surface area contributed by atoms with Crippen molar-refractivity contribution in [1.29, 1.82) is 0 Å².